The Morgan fingerprint density at radius 1 is 1.08 bits per heavy atom. The Morgan fingerprint density at radius 3 is 2.38 bits per heavy atom. The Balaban J connectivity index is 1.99. The fraction of sp³-hybridized carbons (Fsp3) is 0.316. The van der Waals surface area contributed by atoms with Gasteiger partial charge in [-0.2, -0.15) is 0 Å². The van der Waals surface area contributed by atoms with Crippen LogP contribution >= 0.6 is 0 Å². The molecule has 140 valence electrons. The molecule has 0 unspecified atom stereocenters. The molecular formula is C19H25N3O3S. The lowest BCUT2D eigenvalue weighted by Crippen LogP contribution is -2.27. The van der Waals surface area contributed by atoms with E-state index < -0.39 is 10.0 Å². The summed E-state index contributed by atoms with van der Waals surface area (Å²) >= 11 is 0. The van der Waals surface area contributed by atoms with Crippen LogP contribution in [0.5, 0.6) is 0 Å². The van der Waals surface area contributed by atoms with Gasteiger partial charge in [-0.25, -0.2) is 13.1 Å². The van der Waals surface area contributed by atoms with Crippen molar-refractivity contribution in [2.75, 3.05) is 32.5 Å². The van der Waals surface area contributed by atoms with Gasteiger partial charge in [0.15, 0.2) is 0 Å². The number of amides is 1. The summed E-state index contributed by atoms with van der Waals surface area (Å²) in [4.78, 5) is 14.4. The molecule has 2 N–H and O–H groups in total. The number of sulfonamides is 1. The highest BCUT2D eigenvalue weighted by atomic mass is 32.2. The predicted molar refractivity (Wildman–Crippen MR) is 104 cm³/mol. The molecule has 1 amide bonds. The molecule has 2 aromatic rings. The Hall–Kier alpha value is -2.22. The van der Waals surface area contributed by atoms with Gasteiger partial charge in [0.05, 0.1) is 4.90 Å². The monoisotopic (exact) mass is 375 g/mol. The van der Waals surface area contributed by atoms with E-state index in [0.717, 1.165) is 18.5 Å². The number of carbonyl (C=O) groups is 1. The number of benzene rings is 2. The molecule has 0 saturated carbocycles. The lowest BCUT2D eigenvalue weighted by atomic mass is 10.2. The average Bonchev–Trinajstić information content (AvgIpc) is 2.59. The van der Waals surface area contributed by atoms with E-state index in [1.54, 1.807) is 6.07 Å². The summed E-state index contributed by atoms with van der Waals surface area (Å²) in [5.74, 6) is -0.279. The Morgan fingerprint density at radius 2 is 1.77 bits per heavy atom. The highest BCUT2D eigenvalue weighted by molar-refractivity contribution is 7.89. The summed E-state index contributed by atoms with van der Waals surface area (Å²) in [5.41, 5.74) is 2.15. The van der Waals surface area contributed by atoms with Crippen LogP contribution in [-0.2, 0) is 10.0 Å². The number of nitrogens with zero attached hydrogens (tertiary/aromatic N) is 1. The van der Waals surface area contributed by atoms with Gasteiger partial charge in [-0.05, 0) is 75.9 Å². The summed E-state index contributed by atoms with van der Waals surface area (Å²) in [6.07, 6.45) is 0.725. The van der Waals surface area contributed by atoms with Crippen molar-refractivity contribution in [1.29, 1.82) is 0 Å². The van der Waals surface area contributed by atoms with Gasteiger partial charge in [0.2, 0.25) is 10.0 Å². The van der Waals surface area contributed by atoms with Crippen LogP contribution < -0.4 is 10.0 Å². The van der Waals surface area contributed by atoms with E-state index in [4.69, 9.17) is 0 Å². The molecule has 0 spiro atoms. The Bertz CT molecular complexity index is 847. The van der Waals surface area contributed by atoms with Gasteiger partial charge in [-0.15, -0.1) is 0 Å². The standard InChI is InChI=1S/C19H25N3O3S/c1-15-6-4-7-17(14-15)21-19(23)16-8-10-18(11-9-16)26(24,25)20-12-5-13-22(2)3/h4,6-11,14,20H,5,12-13H2,1-3H3,(H,21,23). The van der Waals surface area contributed by atoms with Crippen LogP contribution in [0.25, 0.3) is 0 Å². The first-order chi connectivity index (χ1) is 12.3. The second-order valence-electron chi connectivity index (χ2n) is 6.40. The zero-order valence-corrected chi connectivity index (χ0v) is 16.1. The van der Waals surface area contributed by atoms with Crippen molar-refractivity contribution in [1.82, 2.24) is 9.62 Å². The smallest absolute Gasteiger partial charge is 0.255 e. The molecule has 0 aliphatic heterocycles. The van der Waals surface area contributed by atoms with Gasteiger partial charge in [0, 0.05) is 17.8 Å². The van der Waals surface area contributed by atoms with Crippen molar-refractivity contribution < 1.29 is 13.2 Å². The van der Waals surface area contributed by atoms with Crippen molar-refractivity contribution >= 4 is 21.6 Å². The maximum atomic E-state index is 12.3. The normalized spacial score (nSPS) is 11.5. The van der Waals surface area contributed by atoms with Crippen LogP contribution in [0.15, 0.2) is 53.4 Å². The lowest BCUT2D eigenvalue weighted by Gasteiger charge is -2.11. The zero-order chi connectivity index (χ0) is 19.2. The van der Waals surface area contributed by atoms with Gasteiger partial charge in [0.1, 0.15) is 0 Å². The minimum absolute atomic E-state index is 0.148. The minimum Gasteiger partial charge on any atom is -0.322 e. The predicted octanol–water partition coefficient (Wildman–Crippen LogP) is 2.48. The molecule has 0 aromatic heterocycles. The van der Waals surface area contributed by atoms with Gasteiger partial charge in [-0.3, -0.25) is 4.79 Å². The number of carbonyl (C=O) groups excluding carboxylic acids is 1. The Kier molecular flexibility index (Phi) is 6.90. The molecular weight excluding hydrogens is 350 g/mol. The van der Waals surface area contributed by atoms with E-state index in [1.807, 2.05) is 44.1 Å². The first kappa shape index (κ1) is 20.1. The molecule has 0 aliphatic carbocycles. The van der Waals surface area contributed by atoms with Gasteiger partial charge >= 0.3 is 0 Å². The van der Waals surface area contributed by atoms with Crippen LogP contribution in [0.2, 0.25) is 0 Å². The van der Waals surface area contributed by atoms with E-state index in [-0.39, 0.29) is 10.8 Å². The number of nitrogens with one attached hydrogen (secondary N) is 2. The first-order valence-electron chi connectivity index (χ1n) is 8.40. The number of rotatable bonds is 8. The summed E-state index contributed by atoms with van der Waals surface area (Å²) in [7, 11) is 0.314. The molecule has 0 aliphatic rings. The third kappa shape index (κ3) is 5.94. The van der Waals surface area contributed by atoms with Crippen molar-refractivity contribution in [2.45, 2.75) is 18.2 Å². The van der Waals surface area contributed by atoms with Crippen LogP contribution in [0.1, 0.15) is 22.3 Å². The van der Waals surface area contributed by atoms with E-state index in [1.165, 1.54) is 24.3 Å². The average molecular weight is 375 g/mol. The van der Waals surface area contributed by atoms with Gasteiger partial charge in [0.25, 0.3) is 5.91 Å². The topological polar surface area (TPSA) is 78.5 Å². The largest absolute Gasteiger partial charge is 0.322 e. The molecule has 2 rings (SSSR count). The van der Waals surface area contributed by atoms with Crippen LogP contribution in [0.4, 0.5) is 5.69 Å². The lowest BCUT2D eigenvalue weighted by molar-refractivity contribution is 0.102. The summed E-state index contributed by atoms with van der Waals surface area (Å²) in [6.45, 7) is 3.12. The molecule has 2 aromatic carbocycles. The van der Waals surface area contributed by atoms with E-state index in [9.17, 15) is 13.2 Å². The minimum atomic E-state index is -3.57. The van der Waals surface area contributed by atoms with Crippen molar-refractivity contribution in [2.24, 2.45) is 0 Å². The highest BCUT2D eigenvalue weighted by Crippen LogP contribution is 2.14. The molecule has 0 radical (unpaired) electrons. The molecule has 7 heteroatoms. The number of anilines is 1. The van der Waals surface area contributed by atoms with E-state index in [0.29, 0.717) is 17.8 Å². The summed E-state index contributed by atoms with van der Waals surface area (Å²) in [6, 6.07) is 13.4. The third-order valence-electron chi connectivity index (χ3n) is 3.78. The number of hydrogen-bond acceptors (Lipinski definition) is 4. The molecule has 0 bridgehead atoms. The summed E-state index contributed by atoms with van der Waals surface area (Å²) < 4.78 is 27.1. The summed E-state index contributed by atoms with van der Waals surface area (Å²) in [5, 5.41) is 2.80. The molecule has 0 saturated heterocycles. The SMILES string of the molecule is Cc1cccc(NC(=O)c2ccc(S(=O)(=O)NCCCN(C)C)cc2)c1. The van der Waals surface area contributed by atoms with Crippen LogP contribution in [0.3, 0.4) is 0 Å². The molecule has 0 fully saturated rings. The molecule has 0 atom stereocenters. The van der Waals surface area contributed by atoms with E-state index in [2.05, 4.69) is 10.0 Å². The van der Waals surface area contributed by atoms with Crippen LogP contribution in [0, 0.1) is 6.92 Å². The Labute approximate surface area is 155 Å². The zero-order valence-electron chi connectivity index (χ0n) is 15.3. The molecule has 0 heterocycles. The van der Waals surface area contributed by atoms with Crippen molar-refractivity contribution in [3.8, 4) is 0 Å². The van der Waals surface area contributed by atoms with E-state index >= 15 is 0 Å². The van der Waals surface area contributed by atoms with Crippen molar-refractivity contribution in [3.63, 3.8) is 0 Å². The second kappa shape index (κ2) is 8.93. The maximum absolute atomic E-state index is 12.3. The fourth-order valence-corrected chi connectivity index (χ4v) is 3.47. The first-order valence-corrected chi connectivity index (χ1v) is 9.89. The quantitative estimate of drug-likeness (QED) is 0.695. The third-order valence-corrected chi connectivity index (χ3v) is 5.25. The van der Waals surface area contributed by atoms with Crippen molar-refractivity contribution in [3.05, 3.63) is 59.7 Å². The molecule has 6 nitrogen and oxygen atoms in total. The molecule has 26 heavy (non-hydrogen) atoms. The van der Waals surface area contributed by atoms with Gasteiger partial charge in [-0.1, -0.05) is 12.1 Å². The van der Waals surface area contributed by atoms with Gasteiger partial charge < -0.3 is 10.2 Å². The van der Waals surface area contributed by atoms with Crippen LogP contribution in [-0.4, -0.2) is 46.4 Å². The maximum Gasteiger partial charge on any atom is 0.255 e. The second-order valence-corrected chi connectivity index (χ2v) is 8.17. The number of aryl methyl sites for hydroxylation is 1. The fourth-order valence-electron chi connectivity index (χ4n) is 2.40. The highest BCUT2D eigenvalue weighted by Gasteiger charge is 2.14. The number of hydrogen-bond donors (Lipinski definition) is 2.